The molecule has 2 aromatic carbocycles. The summed E-state index contributed by atoms with van der Waals surface area (Å²) in [7, 11) is 0. The van der Waals surface area contributed by atoms with Gasteiger partial charge in [0.15, 0.2) is 0 Å². The lowest BCUT2D eigenvalue weighted by molar-refractivity contribution is 0.0631. The van der Waals surface area contributed by atoms with Crippen LogP contribution in [-0.4, -0.2) is 41.0 Å². The molecule has 2 aromatic rings. The minimum atomic E-state index is -1.62. The van der Waals surface area contributed by atoms with E-state index in [1.54, 1.807) is 18.2 Å². The zero-order valence-corrected chi connectivity index (χ0v) is 14.6. The van der Waals surface area contributed by atoms with Gasteiger partial charge in [0.25, 0.3) is 0 Å². The summed E-state index contributed by atoms with van der Waals surface area (Å²) in [6.45, 7) is -0.275. The van der Waals surface area contributed by atoms with E-state index in [-0.39, 0.29) is 30.2 Å². The Bertz CT molecular complexity index is 775. The minimum Gasteiger partial charge on any atom is -0.445 e. The Labute approximate surface area is 155 Å². The van der Waals surface area contributed by atoms with Crippen molar-refractivity contribution in [3.05, 3.63) is 70.5 Å². The first-order valence-corrected chi connectivity index (χ1v) is 8.57. The van der Waals surface area contributed by atoms with Crippen LogP contribution >= 0.6 is 11.6 Å². The summed E-state index contributed by atoms with van der Waals surface area (Å²) in [5.74, 6) is -0.638. The van der Waals surface area contributed by atoms with Gasteiger partial charge in [0.1, 0.15) is 24.7 Å². The van der Waals surface area contributed by atoms with Gasteiger partial charge in [0.2, 0.25) is 0 Å². The third-order valence-electron chi connectivity index (χ3n) is 4.44. The zero-order chi connectivity index (χ0) is 18.7. The van der Waals surface area contributed by atoms with Crippen molar-refractivity contribution in [3.8, 4) is 0 Å². The number of aliphatic hydroxyl groups excluding tert-OH is 1. The van der Waals surface area contributed by atoms with Crippen molar-refractivity contribution in [2.75, 3.05) is 6.54 Å². The Morgan fingerprint density at radius 2 is 1.96 bits per heavy atom. The highest BCUT2D eigenvalue weighted by Gasteiger charge is 2.44. The van der Waals surface area contributed by atoms with E-state index in [4.69, 9.17) is 16.3 Å². The Morgan fingerprint density at radius 1 is 1.23 bits per heavy atom. The number of aliphatic hydroxyl groups is 1. The first-order chi connectivity index (χ1) is 12.5. The van der Waals surface area contributed by atoms with Crippen molar-refractivity contribution in [3.63, 3.8) is 0 Å². The van der Waals surface area contributed by atoms with Crippen molar-refractivity contribution < 1.29 is 23.4 Å². The molecular formula is C19H18ClF2NO3. The number of alkyl halides is 1. The summed E-state index contributed by atoms with van der Waals surface area (Å²) in [6, 6.07) is 12.6. The van der Waals surface area contributed by atoms with Gasteiger partial charge in [-0.05, 0) is 23.6 Å². The molecule has 1 saturated heterocycles. The number of hydrogen-bond donors (Lipinski definition) is 1. The Kier molecular flexibility index (Phi) is 5.74. The lowest BCUT2D eigenvalue weighted by Gasteiger charge is -2.25. The van der Waals surface area contributed by atoms with Crippen molar-refractivity contribution in [1.82, 2.24) is 4.90 Å². The number of halogens is 3. The molecule has 1 heterocycles. The monoisotopic (exact) mass is 381 g/mol. The molecule has 0 aromatic heterocycles. The van der Waals surface area contributed by atoms with Gasteiger partial charge in [-0.2, -0.15) is 0 Å². The highest BCUT2D eigenvalue weighted by molar-refractivity contribution is 6.30. The SMILES string of the molecule is O=C(OCc1ccccc1)N1CC(F)C(O)[C@@H]1Cc1cccc(Cl)c1F. The largest absolute Gasteiger partial charge is 0.445 e. The van der Waals surface area contributed by atoms with Gasteiger partial charge >= 0.3 is 6.09 Å². The van der Waals surface area contributed by atoms with Gasteiger partial charge in [0, 0.05) is 0 Å². The number of amides is 1. The number of carbonyl (C=O) groups excluding carboxylic acids is 1. The number of likely N-dealkylation sites (tertiary alicyclic amines) is 1. The third kappa shape index (κ3) is 3.97. The molecule has 2 unspecified atom stereocenters. The van der Waals surface area contributed by atoms with Crippen molar-refractivity contribution in [2.45, 2.75) is 31.3 Å². The Hall–Kier alpha value is -2.18. The molecule has 26 heavy (non-hydrogen) atoms. The number of rotatable bonds is 4. The summed E-state index contributed by atoms with van der Waals surface area (Å²) < 4.78 is 33.4. The van der Waals surface area contributed by atoms with E-state index < -0.39 is 30.2 Å². The second-order valence-corrected chi connectivity index (χ2v) is 6.59. The topological polar surface area (TPSA) is 49.8 Å². The number of benzene rings is 2. The molecule has 1 N–H and O–H groups in total. The number of nitrogens with zero attached hydrogens (tertiary/aromatic N) is 1. The maximum atomic E-state index is 14.1. The zero-order valence-electron chi connectivity index (χ0n) is 13.8. The van der Waals surface area contributed by atoms with Crippen molar-refractivity contribution >= 4 is 17.7 Å². The first kappa shape index (κ1) is 18.6. The van der Waals surface area contributed by atoms with Crippen LogP contribution in [0.3, 0.4) is 0 Å². The van der Waals surface area contributed by atoms with Gasteiger partial charge in [0.05, 0.1) is 17.6 Å². The molecule has 3 atom stereocenters. The standard InChI is InChI=1S/C19H18ClF2NO3/c20-14-8-4-7-13(17(14)22)9-16-18(24)15(21)10-23(16)19(25)26-11-12-5-2-1-3-6-12/h1-8,15-16,18,24H,9-11H2/t15?,16-,18?/m0/s1. The second kappa shape index (κ2) is 8.01. The summed E-state index contributed by atoms with van der Waals surface area (Å²) >= 11 is 5.76. The van der Waals surface area contributed by atoms with Crippen LogP contribution in [0, 0.1) is 5.82 Å². The van der Waals surface area contributed by atoms with Crippen LogP contribution in [0.4, 0.5) is 13.6 Å². The predicted molar refractivity (Wildman–Crippen MR) is 93.1 cm³/mol. The number of hydrogen-bond acceptors (Lipinski definition) is 3. The molecule has 1 aliphatic rings. The molecule has 0 saturated carbocycles. The molecule has 1 aliphatic heterocycles. The maximum Gasteiger partial charge on any atom is 0.410 e. The van der Waals surface area contributed by atoms with Crippen LogP contribution in [0.5, 0.6) is 0 Å². The van der Waals surface area contributed by atoms with Crippen LogP contribution < -0.4 is 0 Å². The van der Waals surface area contributed by atoms with E-state index in [0.29, 0.717) is 0 Å². The Balaban J connectivity index is 1.72. The van der Waals surface area contributed by atoms with Gasteiger partial charge in [-0.3, -0.25) is 4.90 Å². The summed E-state index contributed by atoms with van der Waals surface area (Å²) in [6.07, 6.45) is -3.85. The summed E-state index contributed by atoms with van der Waals surface area (Å²) in [5, 5.41) is 10.0. The van der Waals surface area contributed by atoms with E-state index in [0.717, 1.165) is 10.5 Å². The van der Waals surface area contributed by atoms with Crippen LogP contribution in [0.1, 0.15) is 11.1 Å². The minimum absolute atomic E-state index is 0.0292. The number of ether oxygens (including phenoxy) is 1. The molecule has 0 bridgehead atoms. The quantitative estimate of drug-likeness (QED) is 0.877. The molecule has 4 nitrogen and oxygen atoms in total. The Morgan fingerprint density at radius 3 is 2.69 bits per heavy atom. The molecule has 0 aliphatic carbocycles. The van der Waals surface area contributed by atoms with Gasteiger partial charge < -0.3 is 9.84 Å². The lowest BCUT2D eigenvalue weighted by atomic mass is 10.0. The van der Waals surface area contributed by atoms with E-state index in [1.165, 1.54) is 12.1 Å². The summed E-state index contributed by atoms with van der Waals surface area (Å²) in [5.41, 5.74) is 0.992. The fourth-order valence-electron chi connectivity index (χ4n) is 3.03. The molecule has 1 fully saturated rings. The smallest absolute Gasteiger partial charge is 0.410 e. The van der Waals surface area contributed by atoms with Crippen molar-refractivity contribution in [1.29, 1.82) is 0 Å². The lowest BCUT2D eigenvalue weighted by Crippen LogP contribution is -2.41. The van der Waals surface area contributed by atoms with E-state index in [9.17, 15) is 18.7 Å². The normalized spacial score (nSPS) is 22.5. The van der Waals surface area contributed by atoms with E-state index in [1.807, 2.05) is 18.2 Å². The first-order valence-electron chi connectivity index (χ1n) is 8.19. The number of carbonyl (C=O) groups is 1. The van der Waals surface area contributed by atoms with Crippen molar-refractivity contribution in [2.24, 2.45) is 0 Å². The molecule has 3 rings (SSSR count). The van der Waals surface area contributed by atoms with Crippen LogP contribution in [-0.2, 0) is 17.8 Å². The van der Waals surface area contributed by atoms with E-state index in [2.05, 4.69) is 0 Å². The second-order valence-electron chi connectivity index (χ2n) is 6.18. The van der Waals surface area contributed by atoms with E-state index >= 15 is 0 Å². The highest BCUT2D eigenvalue weighted by atomic mass is 35.5. The van der Waals surface area contributed by atoms with Crippen LogP contribution in [0.15, 0.2) is 48.5 Å². The third-order valence-corrected chi connectivity index (χ3v) is 4.73. The van der Waals surface area contributed by atoms with Gasteiger partial charge in [-0.25, -0.2) is 13.6 Å². The molecular weight excluding hydrogens is 364 g/mol. The molecule has 0 spiro atoms. The molecule has 7 heteroatoms. The maximum absolute atomic E-state index is 14.1. The van der Waals surface area contributed by atoms with Crippen LogP contribution in [0.25, 0.3) is 0 Å². The fourth-order valence-corrected chi connectivity index (χ4v) is 3.23. The fraction of sp³-hybridized carbons (Fsp3) is 0.316. The average molecular weight is 382 g/mol. The molecule has 138 valence electrons. The average Bonchev–Trinajstić information content (AvgIpc) is 2.93. The predicted octanol–water partition coefficient (Wildman–Crippen LogP) is 3.74. The van der Waals surface area contributed by atoms with Crippen LogP contribution in [0.2, 0.25) is 5.02 Å². The van der Waals surface area contributed by atoms with Gasteiger partial charge in [-0.15, -0.1) is 0 Å². The molecule has 0 radical (unpaired) electrons. The highest BCUT2D eigenvalue weighted by Crippen LogP contribution is 2.28. The molecule has 1 amide bonds. The summed E-state index contributed by atoms with van der Waals surface area (Å²) in [4.78, 5) is 13.5. The van der Waals surface area contributed by atoms with Gasteiger partial charge in [-0.1, -0.05) is 54.1 Å².